The highest BCUT2D eigenvalue weighted by atomic mass is 16.4. The summed E-state index contributed by atoms with van der Waals surface area (Å²) in [6.45, 7) is 4.00. The molecule has 20 heavy (non-hydrogen) atoms. The summed E-state index contributed by atoms with van der Waals surface area (Å²) >= 11 is 0. The van der Waals surface area contributed by atoms with E-state index >= 15 is 0 Å². The average molecular weight is 281 g/mol. The molecule has 1 aliphatic rings. The Hall–Kier alpha value is -2.15. The van der Waals surface area contributed by atoms with Gasteiger partial charge in [0.2, 0.25) is 0 Å². The van der Waals surface area contributed by atoms with Crippen molar-refractivity contribution in [2.45, 2.75) is 13.5 Å². The van der Waals surface area contributed by atoms with Crippen LogP contribution in [0, 0.1) is 6.92 Å². The molecule has 7 heteroatoms. The van der Waals surface area contributed by atoms with E-state index in [9.17, 15) is 4.79 Å². The fourth-order valence-electron chi connectivity index (χ4n) is 2.07. The predicted octanol–water partition coefficient (Wildman–Crippen LogP) is 0.427. The molecule has 0 amide bonds. The van der Waals surface area contributed by atoms with Crippen LogP contribution in [0.25, 0.3) is 0 Å². The molecule has 0 aliphatic carbocycles. The Kier molecular flexibility index (Phi) is 5.92. The first-order valence-corrected chi connectivity index (χ1v) is 6.17. The number of anilines is 1. The molecule has 0 aromatic carbocycles. The van der Waals surface area contributed by atoms with E-state index in [2.05, 4.69) is 9.88 Å². The average Bonchev–Trinajstić information content (AvgIpc) is 2.51. The van der Waals surface area contributed by atoms with Crippen molar-refractivity contribution in [2.75, 3.05) is 31.6 Å². The van der Waals surface area contributed by atoms with Crippen molar-refractivity contribution in [3.63, 3.8) is 0 Å². The van der Waals surface area contributed by atoms with E-state index in [0.29, 0.717) is 6.54 Å². The van der Waals surface area contributed by atoms with Gasteiger partial charge in [-0.15, -0.1) is 0 Å². The lowest BCUT2D eigenvalue weighted by Crippen LogP contribution is -2.33. The van der Waals surface area contributed by atoms with E-state index < -0.39 is 5.97 Å². The first kappa shape index (κ1) is 15.9. The van der Waals surface area contributed by atoms with Gasteiger partial charge in [0.15, 0.2) is 0 Å². The van der Waals surface area contributed by atoms with Crippen LogP contribution < -0.4 is 4.90 Å². The van der Waals surface area contributed by atoms with Crippen molar-refractivity contribution in [2.24, 2.45) is 0 Å². The molecule has 0 radical (unpaired) electrons. The van der Waals surface area contributed by atoms with Crippen LogP contribution in [0.4, 0.5) is 5.82 Å². The van der Waals surface area contributed by atoms with Gasteiger partial charge in [-0.2, -0.15) is 0 Å². The fourth-order valence-corrected chi connectivity index (χ4v) is 2.07. The molecular formula is C13H19N3O4. The molecular weight excluding hydrogens is 262 g/mol. The number of carboxylic acids is 1. The van der Waals surface area contributed by atoms with Gasteiger partial charge in [-0.1, -0.05) is 6.07 Å². The summed E-state index contributed by atoms with van der Waals surface area (Å²) in [5.41, 5.74) is 2.08. The van der Waals surface area contributed by atoms with Crippen molar-refractivity contribution >= 4 is 18.3 Å². The number of pyridine rings is 1. The molecule has 0 saturated heterocycles. The van der Waals surface area contributed by atoms with E-state index in [-0.39, 0.29) is 13.0 Å². The number of nitrogens with zero attached hydrogens (tertiary/aromatic N) is 3. The minimum atomic E-state index is -0.781. The van der Waals surface area contributed by atoms with Crippen molar-refractivity contribution in [1.29, 1.82) is 0 Å². The standard InChI is InChI=1S/C12H17N3O2.CH2O2/c1-9-3-4-10-7-15(8-11(16)17)6-5-14(2)12(10)13-9;2-1-3/h3-4H,5-8H2,1-2H3,(H,16,17);1H,(H,2,3). The van der Waals surface area contributed by atoms with Crippen molar-refractivity contribution in [3.05, 3.63) is 23.4 Å². The van der Waals surface area contributed by atoms with Crippen LogP contribution in [0.2, 0.25) is 0 Å². The lowest BCUT2D eigenvalue weighted by molar-refractivity contribution is -0.138. The summed E-state index contributed by atoms with van der Waals surface area (Å²) < 4.78 is 0. The van der Waals surface area contributed by atoms with Gasteiger partial charge in [-0.25, -0.2) is 4.98 Å². The van der Waals surface area contributed by atoms with Crippen LogP contribution in [-0.4, -0.2) is 59.2 Å². The third-order valence-electron chi connectivity index (χ3n) is 2.96. The van der Waals surface area contributed by atoms with Gasteiger partial charge < -0.3 is 15.1 Å². The maximum atomic E-state index is 10.8. The summed E-state index contributed by atoms with van der Waals surface area (Å²) in [6, 6.07) is 4.01. The number of likely N-dealkylation sites (N-methyl/N-ethyl adjacent to an activating group) is 1. The number of rotatable bonds is 2. The van der Waals surface area contributed by atoms with E-state index in [1.807, 2.05) is 31.0 Å². The molecule has 2 heterocycles. The highest BCUT2D eigenvalue weighted by molar-refractivity contribution is 5.69. The monoisotopic (exact) mass is 281 g/mol. The molecule has 1 aromatic rings. The number of aryl methyl sites for hydroxylation is 1. The van der Waals surface area contributed by atoms with Crippen LogP contribution in [0.15, 0.2) is 12.1 Å². The summed E-state index contributed by atoms with van der Waals surface area (Å²) in [6.07, 6.45) is 0. The third-order valence-corrected chi connectivity index (χ3v) is 2.96. The summed E-state index contributed by atoms with van der Waals surface area (Å²) in [4.78, 5) is 27.7. The molecule has 2 rings (SSSR count). The lowest BCUT2D eigenvalue weighted by atomic mass is 10.2. The zero-order chi connectivity index (χ0) is 15.1. The second-order valence-electron chi connectivity index (χ2n) is 4.57. The highest BCUT2D eigenvalue weighted by Gasteiger charge is 2.19. The molecule has 0 fully saturated rings. The van der Waals surface area contributed by atoms with Gasteiger partial charge in [-0.3, -0.25) is 14.5 Å². The quantitative estimate of drug-likeness (QED) is 0.759. The number of carbonyl (C=O) groups is 2. The predicted molar refractivity (Wildman–Crippen MR) is 73.8 cm³/mol. The van der Waals surface area contributed by atoms with Gasteiger partial charge >= 0.3 is 5.97 Å². The molecule has 0 saturated carbocycles. The maximum Gasteiger partial charge on any atom is 0.317 e. The van der Waals surface area contributed by atoms with Crippen molar-refractivity contribution in [3.8, 4) is 0 Å². The van der Waals surface area contributed by atoms with Crippen LogP contribution in [0.5, 0.6) is 0 Å². The van der Waals surface area contributed by atoms with Gasteiger partial charge in [-0.05, 0) is 13.0 Å². The molecule has 1 aromatic heterocycles. The zero-order valence-electron chi connectivity index (χ0n) is 11.6. The van der Waals surface area contributed by atoms with E-state index in [0.717, 1.165) is 30.2 Å². The fraction of sp³-hybridized carbons (Fsp3) is 0.462. The van der Waals surface area contributed by atoms with Crippen LogP contribution in [0.3, 0.4) is 0 Å². The molecule has 0 spiro atoms. The number of hydrogen-bond acceptors (Lipinski definition) is 5. The van der Waals surface area contributed by atoms with Gasteiger partial charge in [0.1, 0.15) is 5.82 Å². The van der Waals surface area contributed by atoms with Gasteiger partial charge in [0.25, 0.3) is 6.47 Å². The Morgan fingerprint density at radius 3 is 2.70 bits per heavy atom. The lowest BCUT2D eigenvalue weighted by Gasteiger charge is -2.18. The number of aromatic nitrogens is 1. The van der Waals surface area contributed by atoms with E-state index in [1.54, 1.807) is 0 Å². The van der Waals surface area contributed by atoms with Crippen LogP contribution in [0.1, 0.15) is 11.3 Å². The van der Waals surface area contributed by atoms with Crippen LogP contribution >= 0.6 is 0 Å². The van der Waals surface area contributed by atoms with Crippen molar-refractivity contribution < 1.29 is 19.8 Å². The molecule has 0 unspecified atom stereocenters. The molecule has 2 N–H and O–H groups in total. The SMILES string of the molecule is Cc1ccc2c(n1)N(C)CCN(CC(=O)O)C2.O=CO. The summed E-state index contributed by atoms with van der Waals surface area (Å²) in [5.74, 6) is 0.189. The highest BCUT2D eigenvalue weighted by Crippen LogP contribution is 2.21. The van der Waals surface area contributed by atoms with Crippen molar-refractivity contribution in [1.82, 2.24) is 9.88 Å². The first-order chi connectivity index (χ1) is 9.47. The largest absolute Gasteiger partial charge is 0.483 e. The van der Waals surface area contributed by atoms with Gasteiger partial charge in [0, 0.05) is 37.9 Å². The Labute approximate surface area is 117 Å². The number of hydrogen-bond donors (Lipinski definition) is 2. The minimum absolute atomic E-state index is 0.0845. The minimum Gasteiger partial charge on any atom is -0.483 e. The Morgan fingerprint density at radius 2 is 2.10 bits per heavy atom. The number of aliphatic carboxylic acids is 1. The number of fused-ring (bicyclic) bond motifs is 1. The van der Waals surface area contributed by atoms with Gasteiger partial charge in [0.05, 0.1) is 6.54 Å². The molecule has 1 aliphatic heterocycles. The number of carboxylic acid groups (broad SMARTS) is 2. The Balaban J connectivity index is 0.000000612. The second kappa shape index (κ2) is 7.44. The van der Waals surface area contributed by atoms with Crippen LogP contribution in [-0.2, 0) is 16.1 Å². The molecule has 7 nitrogen and oxygen atoms in total. The zero-order valence-corrected chi connectivity index (χ0v) is 11.6. The Morgan fingerprint density at radius 1 is 1.45 bits per heavy atom. The normalized spacial score (nSPS) is 14.6. The summed E-state index contributed by atoms with van der Waals surface area (Å²) in [7, 11) is 2.00. The molecule has 0 atom stereocenters. The smallest absolute Gasteiger partial charge is 0.317 e. The third kappa shape index (κ3) is 4.51. The molecule has 0 bridgehead atoms. The van der Waals surface area contributed by atoms with E-state index in [1.165, 1.54) is 0 Å². The maximum absolute atomic E-state index is 10.8. The summed E-state index contributed by atoms with van der Waals surface area (Å²) in [5, 5.41) is 15.7. The topological polar surface area (TPSA) is 94.0 Å². The second-order valence-corrected chi connectivity index (χ2v) is 4.57. The molecule has 110 valence electrons. The van der Waals surface area contributed by atoms with E-state index in [4.69, 9.17) is 15.0 Å². The first-order valence-electron chi connectivity index (χ1n) is 6.17. The Bertz CT molecular complexity index is 479.